The van der Waals surface area contributed by atoms with Crippen molar-refractivity contribution in [3.8, 4) is 23.0 Å². The zero-order chi connectivity index (χ0) is 43.8. The molecule has 0 saturated heterocycles. The van der Waals surface area contributed by atoms with Crippen LogP contribution in [-0.2, 0) is 65.4 Å². The maximum absolute atomic E-state index is 12.7. The van der Waals surface area contributed by atoms with E-state index in [-0.39, 0.29) is 83.9 Å². The van der Waals surface area contributed by atoms with Gasteiger partial charge in [0.1, 0.15) is 11.5 Å². The standard InChI is InChI=1S/2C23H32O4.2O.U/c2*1-22(2,3)18-8-14(20(26)16(10-18)12-24)7-15-9-19(23(4,5)6)11-17(13-25)21(15)27;;;/h2*8-11,24-27H,7,12-13H2,1-6H3;;;/p-2. The van der Waals surface area contributed by atoms with E-state index >= 15 is 0 Å². The van der Waals surface area contributed by atoms with Crippen molar-refractivity contribution in [3.05, 3.63) is 115 Å². The normalized spacial score (nSPS) is 11.9. The quantitative estimate of drug-likeness (QED) is 0.106. The first-order valence-corrected chi connectivity index (χ1v) is 22.4. The summed E-state index contributed by atoms with van der Waals surface area (Å²) in [4.78, 5) is 0. The molecule has 0 aliphatic rings. The molecule has 0 aliphatic carbocycles. The molecule has 6 N–H and O–H groups in total. The second kappa shape index (κ2) is 20.0. The molecular weight excluding hydrogens is 951 g/mol. The Kier molecular flexibility index (Phi) is 17.5. The van der Waals surface area contributed by atoms with Crippen LogP contribution in [0.5, 0.6) is 23.0 Å². The molecule has 0 aromatic heterocycles. The van der Waals surface area contributed by atoms with Crippen LogP contribution in [0.15, 0.2) is 48.5 Å². The van der Waals surface area contributed by atoms with Crippen molar-refractivity contribution in [2.75, 3.05) is 0 Å². The Labute approximate surface area is 353 Å². The van der Waals surface area contributed by atoms with E-state index in [0.29, 0.717) is 44.5 Å². The van der Waals surface area contributed by atoms with Crippen LogP contribution in [-0.4, -0.2) is 30.6 Å². The molecule has 0 atom stereocenters. The van der Waals surface area contributed by atoms with E-state index in [4.69, 9.17) is 4.47 Å². The van der Waals surface area contributed by atoms with Gasteiger partial charge in [0.05, 0.1) is 26.4 Å². The molecule has 0 unspecified atom stereocenters. The number of aromatic hydroxyl groups is 2. The summed E-state index contributed by atoms with van der Waals surface area (Å²) in [6.45, 7) is 23.5. The van der Waals surface area contributed by atoms with Gasteiger partial charge in [-0.15, -0.1) is 0 Å². The van der Waals surface area contributed by atoms with E-state index in [1.54, 1.807) is 12.1 Å². The minimum absolute atomic E-state index is 0.0246. The fraction of sp³-hybridized carbons (Fsp3) is 0.478. The minimum atomic E-state index is -2.51. The molecular formula is C46H62O10U-2. The summed E-state index contributed by atoms with van der Waals surface area (Å²) in [6, 6.07) is 14.7. The first-order chi connectivity index (χ1) is 26.2. The second-order valence-electron chi connectivity index (χ2n) is 18.6. The monoisotopic (exact) mass is 1010 g/mol. The zero-order valence-corrected chi connectivity index (χ0v) is 39.8. The topological polar surface area (TPSA) is 202 Å². The third-order valence-corrected chi connectivity index (χ3v) is 9.93. The molecule has 57 heavy (non-hydrogen) atoms. The Bertz CT molecular complexity index is 1760. The van der Waals surface area contributed by atoms with Gasteiger partial charge in [-0.3, -0.25) is 0 Å². The number of hydrogen-bond acceptors (Lipinski definition) is 10. The van der Waals surface area contributed by atoms with E-state index in [1.807, 2.05) is 36.4 Å². The molecule has 0 spiro atoms. The van der Waals surface area contributed by atoms with Gasteiger partial charge in [0, 0.05) is 24.0 Å². The molecule has 312 valence electrons. The predicted molar refractivity (Wildman–Crippen MR) is 213 cm³/mol. The van der Waals surface area contributed by atoms with Crippen LogP contribution in [0.4, 0.5) is 0 Å². The van der Waals surface area contributed by atoms with Crippen LogP contribution in [0.25, 0.3) is 0 Å². The number of benzene rings is 4. The molecule has 4 aromatic rings. The van der Waals surface area contributed by atoms with Gasteiger partial charge < -0.3 is 40.9 Å². The van der Waals surface area contributed by atoms with Crippen LogP contribution < -0.4 is 10.2 Å². The Morgan fingerprint density at radius 2 is 0.596 bits per heavy atom. The van der Waals surface area contributed by atoms with E-state index in [0.717, 1.165) is 22.3 Å². The van der Waals surface area contributed by atoms with Crippen molar-refractivity contribution >= 4 is 0 Å². The number of rotatable bonds is 8. The van der Waals surface area contributed by atoms with Crippen molar-refractivity contribution in [1.29, 1.82) is 0 Å². The summed E-state index contributed by atoms with van der Waals surface area (Å²) < 4.78 is 17.2. The average molecular weight is 1010 g/mol. The van der Waals surface area contributed by atoms with E-state index in [2.05, 4.69) is 83.1 Å². The summed E-state index contributed by atoms with van der Waals surface area (Å²) in [5, 5.41) is 85.1. The fourth-order valence-corrected chi connectivity index (χ4v) is 6.18. The Balaban J connectivity index is 0.000000368. The Morgan fingerprint density at radius 3 is 0.807 bits per heavy atom. The van der Waals surface area contributed by atoms with Crippen LogP contribution in [0.1, 0.15) is 150 Å². The van der Waals surface area contributed by atoms with Gasteiger partial charge in [-0.1, -0.05) is 142 Å². The number of hydrogen-bond donors (Lipinski definition) is 6. The summed E-state index contributed by atoms with van der Waals surface area (Å²) in [5.74, 6) is -0.346. The molecule has 0 heterocycles. The molecule has 0 amide bonds. The molecule has 0 radical (unpaired) electrons. The summed E-state index contributed by atoms with van der Waals surface area (Å²) in [5.41, 5.74) is 7.20. The van der Waals surface area contributed by atoms with E-state index in [9.17, 15) is 40.9 Å². The van der Waals surface area contributed by atoms with Crippen LogP contribution in [0.3, 0.4) is 0 Å². The summed E-state index contributed by atoms with van der Waals surface area (Å²) in [6.07, 6.45) is 0.497. The van der Waals surface area contributed by atoms with Gasteiger partial charge in [-0.2, -0.15) is 0 Å². The van der Waals surface area contributed by atoms with Gasteiger partial charge in [0.15, 0.2) is 0 Å². The third-order valence-electron chi connectivity index (χ3n) is 9.93. The van der Waals surface area contributed by atoms with Gasteiger partial charge in [0.25, 0.3) is 0 Å². The van der Waals surface area contributed by atoms with Crippen LogP contribution >= 0.6 is 0 Å². The van der Waals surface area contributed by atoms with Crippen molar-refractivity contribution in [2.45, 2.75) is 144 Å². The Hall–Kier alpha value is -3.43. The molecule has 0 bridgehead atoms. The Morgan fingerprint density at radius 1 is 0.404 bits per heavy atom. The van der Waals surface area contributed by atoms with E-state index in [1.165, 1.54) is 0 Å². The molecule has 0 fully saturated rings. The molecule has 4 rings (SSSR count). The molecule has 0 saturated carbocycles. The third kappa shape index (κ3) is 13.3. The first kappa shape index (κ1) is 49.7. The molecule has 10 nitrogen and oxygen atoms in total. The van der Waals surface area contributed by atoms with Crippen LogP contribution in [0.2, 0.25) is 0 Å². The van der Waals surface area contributed by atoms with Crippen molar-refractivity contribution in [1.82, 2.24) is 0 Å². The van der Waals surface area contributed by atoms with Crippen molar-refractivity contribution in [2.24, 2.45) is 0 Å². The molecule has 0 aliphatic heterocycles. The number of aliphatic hydroxyl groups is 4. The van der Waals surface area contributed by atoms with Gasteiger partial charge in [-0.05, 0) is 78.3 Å². The van der Waals surface area contributed by atoms with E-state index < -0.39 is 27.8 Å². The summed E-state index contributed by atoms with van der Waals surface area (Å²) in [7, 11) is 0. The van der Waals surface area contributed by atoms with Crippen LogP contribution in [0, 0.1) is 27.8 Å². The fourth-order valence-electron chi connectivity index (χ4n) is 6.18. The number of aliphatic hydroxyl groups excluding tert-OH is 4. The SMILES string of the molecule is CC(C)(C)c1cc(CO)c([O-])c(Cc2cc(C(C)(C)C)cc(CO)c2O)c1.CC(C)(C)c1cc(CO)c([O-])c(Cc2cc(C(C)(C)C)cc(CO)c2O)c1.[O]=[U]=[O]. The molecule has 11 heteroatoms. The average Bonchev–Trinajstić information content (AvgIpc) is 3.10. The zero-order valence-electron chi connectivity index (χ0n) is 35.7. The number of phenols is 2. The second-order valence-corrected chi connectivity index (χ2v) is 19.3. The molecule has 4 aromatic carbocycles. The van der Waals surface area contributed by atoms with Gasteiger partial charge >= 0.3 is 32.3 Å². The van der Waals surface area contributed by atoms with Gasteiger partial charge in [-0.25, -0.2) is 0 Å². The maximum atomic E-state index is 12.7. The van der Waals surface area contributed by atoms with Crippen molar-refractivity contribution in [3.63, 3.8) is 0 Å². The summed E-state index contributed by atoms with van der Waals surface area (Å²) >= 11 is -2.51. The predicted octanol–water partition coefficient (Wildman–Crippen LogP) is 7.03. The van der Waals surface area contributed by atoms with Gasteiger partial charge in [0.2, 0.25) is 0 Å². The van der Waals surface area contributed by atoms with Crippen molar-refractivity contribution < 1.29 is 73.1 Å². The first-order valence-electron chi connectivity index (χ1n) is 19.0.